The molecule has 5 rings (SSSR count). The van der Waals surface area contributed by atoms with Crippen LogP contribution in [-0.2, 0) is 22.6 Å². The average Bonchev–Trinajstić information content (AvgIpc) is 3.60. The van der Waals surface area contributed by atoms with E-state index in [1.807, 2.05) is 61.7 Å². The maximum atomic E-state index is 14.0. The van der Waals surface area contributed by atoms with Gasteiger partial charge in [-0.2, -0.15) is 0 Å². The molecule has 2 heterocycles. The molecule has 0 saturated heterocycles. The Hall–Kier alpha value is -4.78. The largest absolute Gasteiger partial charge is 0.497 e. The van der Waals surface area contributed by atoms with Crippen LogP contribution in [-0.4, -0.2) is 28.8 Å². The number of amides is 2. The van der Waals surface area contributed by atoms with Gasteiger partial charge in [-0.05, 0) is 60.5 Å². The molecule has 3 aromatic carbocycles. The predicted molar refractivity (Wildman–Crippen MR) is 147 cm³/mol. The molecule has 192 valence electrons. The number of carbonyl (C=O) groups excluding carboxylic acids is 2. The zero-order valence-corrected chi connectivity index (χ0v) is 21.3. The maximum Gasteiger partial charge on any atom is 0.251 e. The van der Waals surface area contributed by atoms with Crippen molar-refractivity contribution in [3.63, 3.8) is 0 Å². The van der Waals surface area contributed by atoms with Gasteiger partial charge in [-0.25, -0.2) is 0 Å². The van der Waals surface area contributed by atoms with Crippen LogP contribution in [0.3, 0.4) is 0 Å². The van der Waals surface area contributed by atoms with Crippen molar-refractivity contribution in [3.05, 3.63) is 120 Å². The number of rotatable bonds is 9. The summed E-state index contributed by atoms with van der Waals surface area (Å²) in [4.78, 5) is 32.7. The number of H-pyrrole nitrogens is 1. The summed E-state index contributed by atoms with van der Waals surface area (Å²) in [6.45, 7) is 2.13. The van der Waals surface area contributed by atoms with Gasteiger partial charge in [0.25, 0.3) is 5.91 Å². The van der Waals surface area contributed by atoms with Crippen molar-refractivity contribution < 1.29 is 18.7 Å². The molecule has 0 saturated carbocycles. The van der Waals surface area contributed by atoms with Crippen molar-refractivity contribution in [2.75, 3.05) is 12.4 Å². The Labute approximate surface area is 221 Å². The highest BCUT2D eigenvalue weighted by Crippen LogP contribution is 2.28. The molecule has 0 unspecified atom stereocenters. The smallest absolute Gasteiger partial charge is 0.251 e. The highest BCUT2D eigenvalue weighted by atomic mass is 16.5. The first-order valence-corrected chi connectivity index (χ1v) is 12.4. The highest BCUT2D eigenvalue weighted by molar-refractivity contribution is 5.98. The van der Waals surface area contributed by atoms with Gasteiger partial charge in [0.15, 0.2) is 0 Å². The Balaban J connectivity index is 1.51. The van der Waals surface area contributed by atoms with E-state index < -0.39 is 6.04 Å². The van der Waals surface area contributed by atoms with Gasteiger partial charge in [-0.3, -0.25) is 9.59 Å². The summed E-state index contributed by atoms with van der Waals surface area (Å²) < 4.78 is 10.8. The lowest BCUT2D eigenvalue weighted by molar-refractivity contribution is -0.139. The van der Waals surface area contributed by atoms with E-state index in [1.165, 1.54) is 0 Å². The Bertz CT molecular complexity index is 1520. The number of anilines is 1. The lowest BCUT2D eigenvalue weighted by Gasteiger charge is -2.31. The van der Waals surface area contributed by atoms with Crippen LogP contribution in [0.5, 0.6) is 5.75 Å². The molecule has 2 N–H and O–H groups in total. The number of para-hydroxylation sites is 1. The number of nitrogens with zero attached hydrogens (tertiary/aromatic N) is 1. The highest BCUT2D eigenvalue weighted by Gasteiger charge is 2.32. The van der Waals surface area contributed by atoms with Crippen molar-refractivity contribution >= 4 is 28.4 Å². The Morgan fingerprint density at radius 2 is 1.74 bits per heavy atom. The van der Waals surface area contributed by atoms with Gasteiger partial charge < -0.3 is 24.4 Å². The summed E-state index contributed by atoms with van der Waals surface area (Å²) in [5.74, 6) is 0.762. The number of aryl methyl sites for hydroxylation is 1. The van der Waals surface area contributed by atoms with Crippen molar-refractivity contribution in [1.29, 1.82) is 0 Å². The second kappa shape index (κ2) is 11.1. The monoisotopic (exact) mass is 507 g/mol. The number of methoxy groups -OCH3 is 1. The number of furan rings is 1. The predicted octanol–water partition coefficient (Wildman–Crippen LogP) is 6.03. The lowest BCUT2D eigenvalue weighted by Crippen LogP contribution is -2.41. The van der Waals surface area contributed by atoms with Crippen molar-refractivity contribution in [1.82, 2.24) is 9.88 Å². The topological polar surface area (TPSA) is 87.6 Å². The van der Waals surface area contributed by atoms with Gasteiger partial charge in [-0.15, -0.1) is 0 Å². The molecule has 2 aromatic heterocycles. The number of fused-ring (bicyclic) bond motifs is 1. The van der Waals surface area contributed by atoms with Crippen LogP contribution in [0.4, 0.5) is 5.69 Å². The van der Waals surface area contributed by atoms with Crippen LogP contribution < -0.4 is 10.1 Å². The van der Waals surface area contributed by atoms with Gasteiger partial charge >= 0.3 is 0 Å². The second-order valence-electron chi connectivity index (χ2n) is 9.17. The Morgan fingerprint density at radius 1 is 0.974 bits per heavy atom. The lowest BCUT2D eigenvalue weighted by atomic mass is 10.0. The van der Waals surface area contributed by atoms with Gasteiger partial charge in [-0.1, -0.05) is 48.0 Å². The molecule has 0 aliphatic carbocycles. The van der Waals surface area contributed by atoms with Crippen molar-refractivity contribution in [2.45, 2.75) is 25.9 Å². The van der Waals surface area contributed by atoms with Crippen molar-refractivity contribution in [2.24, 2.45) is 0 Å². The van der Waals surface area contributed by atoms with E-state index in [0.717, 1.165) is 22.0 Å². The van der Waals surface area contributed by atoms with E-state index in [-0.39, 0.29) is 24.8 Å². The first-order valence-electron chi connectivity index (χ1n) is 12.4. The second-order valence-corrected chi connectivity index (χ2v) is 9.17. The normalized spacial score (nSPS) is 11.7. The van der Waals surface area contributed by atoms with Gasteiger partial charge in [0.1, 0.15) is 17.6 Å². The van der Waals surface area contributed by atoms with E-state index in [9.17, 15) is 9.59 Å². The number of hydrogen-bond acceptors (Lipinski definition) is 4. The van der Waals surface area contributed by atoms with E-state index in [2.05, 4.69) is 10.3 Å². The number of aromatic nitrogens is 1. The fraction of sp³-hybridized carbons (Fsp3) is 0.161. The van der Waals surface area contributed by atoms with Crippen LogP contribution in [0.2, 0.25) is 0 Å². The summed E-state index contributed by atoms with van der Waals surface area (Å²) in [5, 5.41) is 3.96. The quantitative estimate of drug-likeness (QED) is 0.255. The molecule has 2 amide bonds. The minimum absolute atomic E-state index is 0.128. The first-order chi connectivity index (χ1) is 18.5. The molecule has 1 atom stereocenters. The molecule has 0 aliphatic heterocycles. The molecule has 38 heavy (non-hydrogen) atoms. The number of benzene rings is 3. The molecule has 0 fully saturated rings. The minimum Gasteiger partial charge on any atom is -0.497 e. The Kier molecular flexibility index (Phi) is 7.26. The van der Waals surface area contributed by atoms with E-state index in [0.29, 0.717) is 22.8 Å². The third-order valence-electron chi connectivity index (χ3n) is 6.55. The SMILES string of the molecule is COc1ccc(NC(=O)[C@@H](c2ccc(C)cc2)N(Cc2ccco2)C(=O)Cc2c[nH]c3ccccc23)cc1. The van der Waals surface area contributed by atoms with Crippen LogP contribution in [0.25, 0.3) is 10.9 Å². The van der Waals surface area contributed by atoms with Crippen LogP contribution in [0.15, 0.2) is 102 Å². The zero-order valence-electron chi connectivity index (χ0n) is 21.3. The summed E-state index contributed by atoms with van der Waals surface area (Å²) in [5.41, 5.74) is 4.20. The van der Waals surface area contributed by atoms with Crippen LogP contribution in [0.1, 0.15) is 28.5 Å². The summed E-state index contributed by atoms with van der Waals surface area (Å²) in [7, 11) is 1.59. The number of aromatic amines is 1. The van der Waals surface area contributed by atoms with E-state index in [4.69, 9.17) is 9.15 Å². The molecule has 7 nitrogen and oxygen atoms in total. The van der Waals surface area contributed by atoms with Crippen molar-refractivity contribution in [3.8, 4) is 5.75 Å². The minimum atomic E-state index is -0.888. The van der Waals surface area contributed by atoms with E-state index >= 15 is 0 Å². The molecular weight excluding hydrogens is 478 g/mol. The van der Waals surface area contributed by atoms with Gasteiger partial charge in [0.05, 0.1) is 26.3 Å². The maximum absolute atomic E-state index is 14.0. The molecule has 5 aromatic rings. The molecule has 0 radical (unpaired) electrons. The Morgan fingerprint density at radius 3 is 2.45 bits per heavy atom. The molecule has 7 heteroatoms. The number of ether oxygens (including phenoxy) is 1. The number of hydrogen-bond donors (Lipinski definition) is 2. The third kappa shape index (κ3) is 5.47. The number of carbonyl (C=O) groups is 2. The zero-order chi connectivity index (χ0) is 26.5. The van der Waals surface area contributed by atoms with Gasteiger partial charge in [0, 0.05) is 22.8 Å². The molecule has 0 aliphatic rings. The fourth-order valence-electron chi connectivity index (χ4n) is 4.54. The fourth-order valence-corrected chi connectivity index (χ4v) is 4.54. The van der Waals surface area contributed by atoms with Crippen LogP contribution >= 0.6 is 0 Å². The summed E-state index contributed by atoms with van der Waals surface area (Å²) in [6, 6.07) is 25.3. The summed E-state index contributed by atoms with van der Waals surface area (Å²) >= 11 is 0. The molecule has 0 spiro atoms. The standard InChI is InChI=1S/C31H29N3O4/c1-21-9-11-22(12-10-21)30(31(36)33-24-13-15-25(37-2)16-14-24)34(20-26-6-5-17-38-26)29(35)18-23-19-32-28-8-4-3-7-27(23)28/h3-17,19,30,32H,18,20H2,1-2H3,(H,33,36)/t30-/m1/s1. The third-order valence-corrected chi connectivity index (χ3v) is 6.55. The number of nitrogens with one attached hydrogen (secondary N) is 2. The first kappa shape index (κ1) is 24.9. The molecular formula is C31H29N3O4. The van der Waals surface area contributed by atoms with E-state index in [1.54, 1.807) is 54.7 Å². The van der Waals surface area contributed by atoms with Gasteiger partial charge in [0.2, 0.25) is 5.91 Å². The summed E-state index contributed by atoms with van der Waals surface area (Å²) in [6.07, 6.45) is 3.55. The molecule has 0 bridgehead atoms. The average molecular weight is 508 g/mol. The van der Waals surface area contributed by atoms with Crippen LogP contribution in [0, 0.1) is 6.92 Å².